The van der Waals surface area contributed by atoms with Gasteiger partial charge in [0.1, 0.15) is 11.5 Å². The zero-order chi connectivity index (χ0) is 22.3. The maximum Gasteiger partial charge on any atom is 0.238 e. The number of nitrogens with zero attached hydrogens (tertiary/aromatic N) is 2. The highest BCUT2D eigenvalue weighted by molar-refractivity contribution is 5.94. The van der Waals surface area contributed by atoms with Crippen molar-refractivity contribution < 1.29 is 23.7 Å². The summed E-state index contributed by atoms with van der Waals surface area (Å²) >= 11 is 0. The summed E-state index contributed by atoms with van der Waals surface area (Å²) in [6, 6.07) is 4.23. The van der Waals surface area contributed by atoms with Gasteiger partial charge in [-0.15, -0.1) is 0 Å². The van der Waals surface area contributed by atoms with Gasteiger partial charge in [0, 0.05) is 37.8 Å². The van der Waals surface area contributed by atoms with Gasteiger partial charge in [0.05, 0.1) is 57.1 Å². The number of carbonyl (C=O) groups excluding carboxylic acids is 1. The van der Waals surface area contributed by atoms with Gasteiger partial charge in [0.25, 0.3) is 0 Å². The molecule has 3 aliphatic rings. The second-order valence-electron chi connectivity index (χ2n) is 8.56. The van der Waals surface area contributed by atoms with Crippen LogP contribution in [0, 0.1) is 0 Å². The molecule has 8 nitrogen and oxygen atoms in total. The van der Waals surface area contributed by atoms with E-state index in [2.05, 4.69) is 15.1 Å². The first-order valence-electron chi connectivity index (χ1n) is 12.1. The zero-order valence-electron chi connectivity index (χ0n) is 19.4. The number of hydrogen-bond acceptors (Lipinski definition) is 7. The Morgan fingerprint density at radius 1 is 1.03 bits per heavy atom. The standard InChI is InChI=1S/C24H37N3O5/c1-3-30-22-16-20(26-9-12-29-13-10-26)23(31-4-2)15-18(22)25-24(28)17-27-11-14-32-21-8-6-5-7-19(21)27/h15-16,19,21H,3-14,17H2,1-2H3,(H,25,28). The average Bonchev–Trinajstić information content (AvgIpc) is 2.82. The Balaban J connectivity index is 1.50. The summed E-state index contributed by atoms with van der Waals surface area (Å²) in [5.41, 5.74) is 1.64. The molecule has 2 atom stereocenters. The molecule has 1 aromatic rings. The number of ether oxygens (including phenoxy) is 4. The molecule has 2 aliphatic heterocycles. The highest BCUT2D eigenvalue weighted by Gasteiger charge is 2.35. The molecular formula is C24H37N3O5. The molecule has 1 saturated carbocycles. The van der Waals surface area contributed by atoms with Crippen molar-refractivity contribution >= 4 is 17.3 Å². The van der Waals surface area contributed by atoms with Gasteiger partial charge >= 0.3 is 0 Å². The fourth-order valence-electron chi connectivity index (χ4n) is 4.99. The molecule has 32 heavy (non-hydrogen) atoms. The molecule has 2 heterocycles. The van der Waals surface area contributed by atoms with Crippen molar-refractivity contribution in [2.24, 2.45) is 0 Å². The number of benzene rings is 1. The predicted octanol–water partition coefficient (Wildman–Crippen LogP) is 2.90. The Kier molecular flexibility index (Phi) is 8.10. The van der Waals surface area contributed by atoms with Crippen molar-refractivity contribution in [2.75, 3.05) is 69.4 Å². The molecule has 2 unspecified atom stereocenters. The molecular weight excluding hydrogens is 410 g/mol. The summed E-state index contributed by atoms with van der Waals surface area (Å²) in [6.45, 7) is 9.84. The van der Waals surface area contributed by atoms with Crippen molar-refractivity contribution in [2.45, 2.75) is 51.7 Å². The van der Waals surface area contributed by atoms with Gasteiger partial charge in [-0.2, -0.15) is 0 Å². The Morgan fingerprint density at radius 2 is 1.78 bits per heavy atom. The molecule has 178 valence electrons. The van der Waals surface area contributed by atoms with E-state index >= 15 is 0 Å². The van der Waals surface area contributed by atoms with Crippen LogP contribution in [0.4, 0.5) is 11.4 Å². The van der Waals surface area contributed by atoms with E-state index in [1.807, 2.05) is 26.0 Å². The fraction of sp³-hybridized carbons (Fsp3) is 0.708. The molecule has 0 radical (unpaired) electrons. The number of hydrogen-bond donors (Lipinski definition) is 1. The number of nitrogens with one attached hydrogen (secondary N) is 1. The third-order valence-electron chi connectivity index (χ3n) is 6.48. The van der Waals surface area contributed by atoms with Gasteiger partial charge in [0.15, 0.2) is 0 Å². The van der Waals surface area contributed by atoms with Gasteiger partial charge < -0.3 is 29.2 Å². The monoisotopic (exact) mass is 447 g/mol. The zero-order valence-corrected chi connectivity index (χ0v) is 19.4. The maximum absolute atomic E-state index is 13.1. The molecule has 1 N–H and O–H groups in total. The van der Waals surface area contributed by atoms with E-state index in [1.54, 1.807) is 0 Å². The third kappa shape index (κ3) is 5.47. The molecule has 2 saturated heterocycles. The third-order valence-corrected chi connectivity index (χ3v) is 6.48. The van der Waals surface area contributed by atoms with E-state index in [1.165, 1.54) is 12.8 Å². The quantitative estimate of drug-likeness (QED) is 0.657. The molecule has 1 amide bonds. The molecule has 0 aromatic heterocycles. The van der Waals surface area contributed by atoms with E-state index in [0.29, 0.717) is 57.1 Å². The number of amides is 1. The van der Waals surface area contributed by atoms with Crippen LogP contribution in [0.3, 0.4) is 0 Å². The summed E-state index contributed by atoms with van der Waals surface area (Å²) in [5.74, 6) is 1.40. The minimum atomic E-state index is -0.0289. The molecule has 3 fully saturated rings. The van der Waals surface area contributed by atoms with Gasteiger partial charge in [-0.3, -0.25) is 9.69 Å². The summed E-state index contributed by atoms with van der Waals surface area (Å²) in [7, 11) is 0. The van der Waals surface area contributed by atoms with Crippen molar-refractivity contribution in [1.29, 1.82) is 0 Å². The molecule has 8 heteroatoms. The number of fused-ring (bicyclic) bond motifs is 1. The van der Waals surface area contributed by atoms with Crippen LogP contribution in [0.2, 0.25) is 0 Å². The normalized spacial score (nSPS) is 24.0. The van der Waals surface area contributed by atoms with Crippen molar-refractivity contribution in [3.05, 3.63) is 12.1 Å². The van der Waals surface area contributed by atoms with Gasteiger partial charge in [-0.05, 0) is 26.7 Å². The highest BCUT2D eigenvalue weighted by atomic mass is 16.5. The van der Waals surface area contributed by atoms with E-state index in [4.69, 9.17) is 18.9 Å². The Bertz CT molecular complexity index is 766. The van der Waals surface area contributed by atoms with Crippen LogP contribution in [0.15, 0.2) is 12.1 Å². The van der Waals surface area contributed by atoms with Crippen LogP contribution in [0.5, 0.6) is 11.5 Å². The smallest absolute Gasteiger partial charge is 0.238 e. The van der Waals surface area contributed by atoms with Crippen molar-refractivity contribution in [3.63, 3.8) is 0 Å². The van der Waals surface area contributed by atoms with Crippen molar-refractivity contribution in [1.82, 2.24) is 4.90 Å². The Hall–Kier alpha value is -2.03. The first-order chi connectivity index (χ1) is 15.7. The van der Waals surface area contributed by atoms with Crippen LogP contribution in [0.1, 0.15) is 39.5 Å². The van der Waals surface area contributed by atoms with Crippen LogP contribution in [0.25, 0.3) is 0 Å². The summed E-state index contributed by atoms with van der Waals surface area (Å²) in [6.07, 6.45) is 4.89. The van der Waals surface area contributed by atoms with Gasteiger partial charge in [-0.25, -0.2) is 0 Å². The molecule has 0 spiro atoms. The lowest BCUT2D eigenvalue weighted by atomic mass is 9.90. The predicted molar refractivity (Wildman–Crippen MR) is 124 cm³/mol. The topological polar surface area (TPSA) is 72.5 Å². The largest absolute Gasteiger partial charge is 0.492 e. The molecule has 1 aromatic carbocycles. The minimum absolute atomic E-state index is 0.0289. The fourth-order valence-corrected chi connectivity index (χ4v) is 4.99. The minimum Gasteiger partial charge on any atom is -0.492 e. The lowest BCUT2D eigenvalue weighted by Crippen LogP contribution is -2.54. The van der Waals surface area contributed by atoms with Crippen LogP contribution < -0.4 is 19.7 Å². The van der Waals surface area contributed by atoms with Crippen LogP contribution in [-0.4, -0.2) is 82.2 Å². The van der Waals surface area contributed by atoms with E-state index in [0.717, 1.165) is 43.9 Å². The molecule has 1 aliphatic carbocycles. The number of anilines is 2. The molecule has 0 bridgehead atoms. The van der Waals surface area contributed by atoms with E-state index in [-0.39, 0.29) is 12.0 Å². The van der Waals surface area contributed by atoms with Gasteiger partial charge in [0.2, 0.25) is 5.91 Å². The number of rotatable bonds is 8. The first kappa shape index (κ1) is 23.1. The second kappa shape index (κ2) is 11.2. The lowest BCUT2D eigenvalue weighted by Gasteiger charge is -2.43. The Morgan fingerprint density at radius 3 is 2.56 bits per heavy atom. The SMILES string of the molecule is CCOc1cc(N2CCOCC2)c(OCC)cc1NC(=O)CN1CCOC2CCCCC21. The van der Waals surface area contributed by atoms with Crippen LogP contribution in [-0.2, 0) is 14.3 Å². The van der Waals surface area contributed by atoms with Gasteiger partial charge in [-0.1, -0.05) is 12.8 Å². The second-order valence-corrected chi connectivity index (χ2v) is 8.56. The number of carbonyl (C=O) groups is 1. The van der Waals surface area contributed by atoms with Crippen LogP contribution >= 0.6 is 0 Å². The molecule has 4 rings (SSSR count). The highest BCUT2D eigenvalue weighted by Crippen LogP contribution is 2.39. The van der Waals surface area contributed by atoms with E-state index in [9.17, 15) is 4.79 Å². The summed E-state index contributed by atoms with van der Waals surface area (Å²) in [4.78, 5) is 17.6. The van der Waals surface area contributed by atoms with Crippen molar-refractivity contribution in [3.8, 4) is 11.5 Å². The summed E-state index contributed by atoms with van der Waals surface area (Å²) in [5, 5.41) is 3.10. The maximum atomic E-state index is 13.1. The lowest BCUT2D eigenvalue weighted by molar-refractivity contribution is -0.124. The number of morpholine rings is 2. The van der Waals surface area contributed by atoms with E-state index < -0.39 is 0 Å². The average molecular weight is 448 g/mol. The first-order valence-corrected chi connectivity index (χ1v) is 12.1. The Labute approximate surface area is 191 Å². The summed E-state index contributed by atoms with van der Waals surface area (Å²) < 4.78 is 23.3.